The zero-order valence-electron chi connectivity index (χ0n) is 13.1. The van der Waals surface area contributed by atoms with E-state index >= 15 is 0 Å². The largest absolute Gasteiger partial charge is 0.496 e. The number of para-hydroxylation sites is 1. The highest BCUT2D eigenvalue weighted by atomic mass is 32.2. The van der Waals surface area contributed by atoms with E-state index in [1.54, 1.807) is 18.5 Å². The molecule has 0 amide bonds. The number of piperazine rings is 1. The van der Waals surface area contributed by atoms with Crippen LogP contribution in [0.1, 0.15) is 18.0 Å². The van der Waals surface area contributed by atoms with Crippen LogP contribution in [0.5, 0.6) is 5.75 Å². The van der Waals surface area contributed by atoms with E-state index in [9.17, 15) is 8.42 Å². The van der Waals surface area contributed by atoms with Gasteiger partial charge in [-0.05, 0) is 12.5 Å². The lowest BCUT2D eigenvalue weighted by Crippen LogP contribution is -2.49. The second-order valence-corrected chi connectivity index (χ2v) is 7.28. The van der Waals surface area contributed by atoms with Gasteiger partial charge in [0.1, 0.15) is 5.75 Å². The Balaban J connectivity index is 2.24. The number of nitrogens with one attached hydrogen (secondary N) is 1. The van der Waals surface area contributed by atoms with Crippen molar-refractivity contribution in [3.05, 3.63) is 29.8 Å². The van der Waals surface area contributed by atoms with Crippen molar-refractivity contribution in [2.75, 3.05) is 46.2 Å². The first-order chi connectivity index (χ1) is 10.6. The number of sulfonamides is 1. The maximum absolute atomic E-state index is 12.6. The predicted molar refractivity (Wildman–Crippen MR) is 85.6 cm³/mol. The lowest BCUT2D eigenvalue weighted by molar-refractivity contribution is 0.198. The van der Waals surface area contributed by atoms with E-state index in [4.69, 9.17) is 9.47 Å². The van der Waals surface area contributed by atoms with Crippen molar-refractivity contribution < 1.29 is 17.9 Å². The molecule has 0 aromatic heterocycles. The third-order valence-corrected chi connectivity index (χ3v) is 5.76. The predicted octanol–water partition coefficient (Wildman–Crippen LogP) is 1.01. The van der Waals surface area contributed by atoms with E-state index in [1.807, 2.05) is 24.3 Å². The van der Waals surface area contributed by atoms with Gasteiger partial charge in [-0.3, -0.25) is 0 Å². The average Bonchev–Trinajstić information content (AvgIpc) is 2.55. The Morgan fingerprint density at radius 1 is 1.32 bits per heavy atom. The van der Waals surface area contributed by atoms with Crippen molar-refractivity contribution in [3.63, 3.8) is 0 Å². The van der Waals surface area contributed by atoms with Gasteiger partial charge in [0, 0.05) is 38.9 Å². The van der Waals surface area contributed by atoms with Gasteiger partial charge < -0.3 is 14.8 Å². The standard InChI is InChI=1S/C15H24N2O4S/c1-20-10-5-11-22(18,19)17-9-8-16-12-14(17)13-6-3-4-7-15(13)21-2/h3-4,6-7,14,16H,5,8-12H2,1-2H3. The first kappa shape index (κ1) is 17.2. The highest BCUT2D eigenvalue weighted by molar-refractivity contribution is 7.89. The van der Waals surface area contributed by atoms with Crippen LogP contribution in [0, 0.1) is 0 Å². The van der Waals surface area contributed by atoms with Crippen LogP contribution in [-0.2, 0) is 14.8 Å². The number of nitrogens with zero attached hydrogens (tertiary/aromatic N) is 1. The van der Waals surface area contributed by atoms with Gasteiger partial charge >= 0.3 is 0 Å². The molecular formula is C15H24N2O4S. The highest BCUT2D eigenvalue weighted by Gasteiger charge is 2.34. The number of rotatable bonds is 7. The van der Waals surface area contributed by atoms with Crippen molar-refractivity contribution >= 4 is 10.0 Å². The molecule has 1 saturated heterocycles. The van der Waals surface area contributed by atoms with Crippen LogP contribution >= 0.6 is 0 Å². The fourth-order valence-corrected chi connectivity index (χ4v) is 4.39. The topological polar surface area (TPSA) is 67.9 Å². The van der Waals surface area contributed by atoms with Crippen LogP contribution in [0.3, 0.4) is 0 Å². The van der Waals surface area contributed by atoms with E-state index in [-0.39, 0.29) is 11.8 Å². The van der Waals surface area contributed by atoms with E-state index in [0.717, 1.165) is 5.56 Å². The first-order valence-corrected chi connectivity index (χ1v) is 9.03. The SMILES string of the molecule is COCCCS(=O)(=O)N1CCNCC1c1ccccc1OC. The lowest BCUT2D eigenvalue weighted by Gasteiger charge is -2.36. The van der Waals surface area contributed by atoms with Gasteiger partial charge in [-0.15, -0.1) is 0 Å². The molecule has 1 atom stereocenters. The zero-order chi connectivity index (χ0) is 16.0. The van der Waals surface area contributed by atoms with Gasteiger partial charge in [0.05, 0.1) is 18.9 Å². The molecule has 1 aliphatic heterocycles. The van der Waals surface area contributed by atoms with Crippen LogP contribution in [0.4, 0.5) is 0 Å². The van der Waals surface area contributed by atoms with Gasteiger partial charge in [-0.1, -0.05) is 18.2 Å². The molecule has 1 heterocycles. The van der Waals surface area contributed by atoms with E-state index in [0.29, 0.717) is 38.4 Å². The third-order valence-electron chi connectivity index (χ3n) is 3.80. The van der Waals surface area contributed by atoms with Crippen LogP contribution in [0.2, 0.25) is 0 Å². The molecule has 0 spiro atoms. The molecule has 0 radical (unpaired) electrons. The Hall–Kier alpha value is -1.15. The molecule has 1 aliphatic rings. The maximum atomic E-state index is 12.6. The summed E-state index contributed by atoms with van der Waals surface area (Å²) >= 11 is 0. The van der Waals surface area contributed by atoms with E-state index in [2.05, 4.69) is 5.32 Å². The summed E-state index contributed by atoms with van der Waals surface area (Å²) < 4.78 is 37.2. The highest BCUT2D eigenvalue weighted by Crippen LogP contribution is 2.32. The van der Waals surface area contributed by atoms with Crippen molar-refractivity contribution in [2.24, 2.45) is 0 Å². The van der Waals surface area contributed by atoms with Crippen molar-refractivity contribution in [1.82, 2.24) is 9.62 Å². The molecule has 0 aliphatic carbocycles. The Morgan fingerprint density at radius 3 is 2.82 bits per heavy atom. The fraction of sp³-hybridized carbons (Fsp3) is 0.600. The quantitative estimate of drug-likeness (QED) is 0.757. The van der Waals surface area contributed by atoms with Crippen molar-refractivity contribution in [2.45, 2.75) is 12.5 Å². The number of hydrogen-bond donors (Lipinski definition) is 1. The summed E-state index contributed by atoms with van der Waals surface area (Å²) in [5.74, 6) is 0.820. The minimum absolute atomic E-state index is 0.104. The van der Waals surface area contributed by atoms with Crippen LogP contribution in [-0.4, -0.2) is 58.9 Å². The van der Waals surface area contributed by atoms with Crippen molar-refractivity contribution in [1.29, 1.82) is 0 Å². The molecule has 22 heavy (non-hydrogen) atoms. The number of methoxy groups -OCH3 is 2. The molecule has 1 aromatic rings. The average molecular weight is 328 g/mol. The normalized spacial score (nSPS) is 20.0. The minimum Gasteiger partial charge on any atom is -0.496 e. The van der Waals surface area contributed by atoms with Crippen molar-refractivity contribution in [3.8, 4) is 5.75 Å². The molecule has 124 valence electrons. The monoisotopic (exact) mass is 328 g/mol. The lowest BCUT2D eigenvalue weighted by atomic mass is 10.0. The van der Waals surface area contributed by atoms with Gasteiger partial charge in [0.2, 0.25) is 10.0 Å². The van der Waals surface area contributed by atoms with E-state index < -0.39 is 10.0 Å². The Labute approximate surface area is 132 Å². The second kappa shape index (κ2) is 7.92. The summed E-state index contributed by atoms with van der Waals surface area (Å²) in [6.07, 6.45) is 0.501. The van der Waals surface area contributed by atoms with E-state index in [1.165, 1.54) is 0 Å². The molecule has 1 aromatic carbocycles. The first-order valence-electron chi connectivity index (χ1n) is 7.42. The summed E-state index contributed by atoms with van der Waals surface area (Å²) in [5.41, 5.74) is 0.896. The van der Waals surface area contributed by atoms with Crippen LogP contribution in [0.15, 0.2) is 24.3 Å². The smallest absolute Gasteiger partial charge is 0.214 e. The molecule has 7 heteroatoms. The van der Waals surface area contributed by atoms with Crippen LogP contribution in [0.25, 0.3) is 0 Å². The van der Waals surface area contributed by atoms with Gasteiger partial charge in [0.25, 0.3) is 0 Å². The molecule has 1 unspecified atom stereocenters. The maximum Gasteiger partial charge on any atom is 0.214 e. The summed E-state index contributed by atoms with van der Waals surface area (Å²) in [4.78, 5) is 0. The second-order valence-electron chi connectivity index (χ2n) is 5.23. The number of benzene rings is 1. The Kier molecular flexibility index (Phi) is 6.19. The molecule has 2 rings (SSSR count). The molecule has 1 N–H and O–H groups in total. The molecule has 0 bridgehead atoms. The number of ether oxygens (including phenoxy) is 2. The molecule has 6 nitrogen and oxygen atoms in total. The van der Waals surface area contributed by atoms with Gasteiger partial charge in [0.15, 0.2) is 0 Å². The summed E-state index contributed by atoms with van der Waals surface area (Å²) in [6, 6.07) is 7.34. The number of hydrogen-bond acceptors (Lipinski definition) is 5. The summed E-state index contributed by atoms with van der Waals surface area (Å²) in [5, 5.41) is 3.27. The fourth-order valence-electron chi connectivity index (χ4n) is 2.73. The zero-order valence-corrected chi connectivity index (χ0v) is 13.9. The Bertz CT molecular complexity index is 577. The van der Waals surface area contributed by atoms with Crippen LogP contribution < -0.4 is 10.1 Å². The molecule has 1 fully saturated rings. The Morgan fingerprint density at radius 2 is 2.09 bits per heavy atom. The molecular weight excluding hydrogens is 304 g/mol. The minimum atomic E-state index is -3.32. The summed E-state index contributed by atoms with van der Waals surface area (Å²) in [6.45, 7) is 2.17. The van der Waals surface area contributed by atoms with Gasteiger partial charge in [-0.2, -0.15) is 4.31 Å². The third kappa shape index (κ3) is 3.98. The molecule has 0 saturated carbocycles. The van der Waals surface area contributed by atoms with Gasteiger partial charge in [-0.25, -0.2) is 8.42 Å². The summed E-state index contributed by atoms with van der Waals surface area (Å²) in [7, 11) is -0.138.